The summed E-state index contributed by atoms with van der Waals surface area (Å²) in [6, 6.07) is -1.57. The maximum atomic E-state index is 12.2. The number of rotatable bonds is 17. The number of carbonyl (C=O) groups excluding carboxylic acids is 1. The minimum atomic E-state index is -2.00. The third kappa shape index (κ3) is 10.4. The standard InChI is InChI=1S/C31H56N2O21/c1-11(38)33-16-18(40)25(53-30-22(44)19(41)17(39)12(7-34)48-30)13(8-35)49-28(16)52-26-15(10-37)51-31(24(46)21(26)43)54-27-14(9-36)50-29(23(45)20(27)42)47-6-4-2-3-5-32/h12-31,34-37,39-46H,2-10,32H2,1H3,(H,33,38)/t12-,13-,14-,15-,16-,17+,18-,19+,20-,21-,22-,23-,24-,25-,26+,27-,28+,29-,30+,31+/m1/s1. The van der Waals surface area contributed by atoms with Crippen LogP contribution in [-0.4, -0.2) is 230 Å². The molecule has 20 atom stereocenters. The van der Waals surface area contributed by atoms with Crippen molar-refractivity contribution in [3.05, 3.63) is 0 Å². The average molecular weight is 793 g/mol. The number of amides is 1. The normalized spacial score (nSPS) is 46.0. The van der Waals surface area contributed by atoms with E-state index in [2.05, 4.69) is 5.32 Å². The molecule has 4 heterocycles. The lowest BCUT2D eigenvalue weighted by molar-refractivity contribution is -0.380. The van der Waals surface area contributed by atoms with Crippen LogP contribution < -0.4 is 11.1 Å². The Balaban J connectivity index is 1.46. The number of unbranched alkanes of at least 4 members (excludes halogenated alkanes) is 2. The molecular weight excluding hydrogens is 736 g/mol. The van der Waals surface area contributed by atoms with Crippen LogP contribution in [0.25, 0.3) is 0 Å². The quantitative estimate of drug-likeness (QED) is 0.0608. The molecule has 15 N–H and O–H groups in total. The van der Waals surface area contributed by atoms with Crippen LogP contribution in [0, 0.1) is 0 Å². The van der Waals surface area contributed by atoms with Gasteiger partial charge in [-0.15, -0.1) is 0 Å². The Hall–Kier alpha value is -1.37. The molecule has 0 unspecified atom stereocenters. The molecule has 0 bridgehead atoms. The molecule has 0 aromatic heterocycles. The molecule has 0 aromatic carbocycles. The zero-order valence-corrected chi connectivity index (χ0v) is 29.5. The topological polar surface area (TPSA) is 372 Å². The monoisotopic (exact) mass is 792 g/mol. The first-order chi connectivity index (χ1) is 25.7. The third-order valence-corrected chi connectivity index (χ3v) is 9.72. The van der Waals surface area contributed by atoms with Gasteiger partial charge in [0, 0.05) is 13.5 Å². The average Bonchev–Trinajstić information content (AvgIpc) is 3.15. The van der Waals surface area contributed by atoms with Crippen LogP contribution in [0.5, 0.6) is 0 Å². The van der Waals surface area contributed by atoms with Gasteiger partial charge < -0.3 is 110 Å². The Morgan fingerprint density at radius 1 is 0.537 bits per heavy atom. The first-order valence-electron chi connectivity index (χ1n) is 17.8. The molecule has 54 heavy (non-hydrogen) atoms. The summed E-state index contributed by atoms with van der Waals surface area (Å²) in [6.07, 6.45) is -29.9. The van der Waals surface area contributed by atoms with Crippen molar-refractivity contribution < 1.29 is 104 Å². The molecule has 4 rings (SSSR count). The molecule has 4 saturated heterocycles. The second-order valence-electron chi connectivity index (χ2n) is 13.6. The summed E-state index contributed by atoms with van der Waals surface area (Å²) < 4.78 is 45.2. The van der Waals surface area contributed by atoms with E-state index in [1.165, 1.54) is 0 Å². The van der Waals surface area contributed by atoms with Gasteiger partial charge in [0.05, 0.1) is 26.4 Å². The third-order valence-electron chi connectivity index (χ3n) is 9.72. The Morgan fingerprint density at radius 2 is 0.963 bits per heavy atom. The minimum absolute atomic E-state index is 0.157. The van der Waals surface area contributed by atoms with Crippen molar-refractivity contribution in [2.45, 2.75) is 149 Å². The van der Waals surface area contributed by atoms with E-state index in [1.54, 1.807) is 0 Å². The van der Waals surface area contributed by atoms with Crippen LogP contribution in [0.15, 0.2) is 0 Å². The predicted octanol–water partition coefficient (Wildman–Crippen LogP) is -8.45. The summed E-state index contributed by atoms with van der Waals surface area (Å²) in [4.78, 5) is 12.2. The molecule has 0 saturated carbocycles. The van der Waals surface area contributed by atoms with E-state index in [-0.39, 0.29) is 6.61 Å². The second kappa shape index (κ2) is 20.9. The Labute approximate surface area is 309 Å². The number of nitrogens with one attached hydrogen (secondary N) is 1. The van der Waals surface area contributed by atoms with Gasteiger partial charge in [-0.3, -0.25) is 4.79 Å². The minimum Gasteiger partial charge on any atom is -0.394 e. The van der Waals surface area contributed by atoms with E-state index in [9.17, 15) is 66.1 Å². The molecule has 0 aliphatic carbocycles. The van der Waals surface area contributed by atoms with Crippen molar-refractivity contribution in [3.8, 4) is 0 Å². The molecule has 4 aliphatic rings. The molecule has 1 amide bonds. The van der Waals surface area contributed by atoms with Gasteiger partial charge in [0.15, 0.2) is 25.2 Å². The summed E-state index contributed by atoms with van der Waals surface area (Å²) in [5.41, 5.74) is 5.48. The molecule has 4 fully saturated rings. The number of carbonyl (C=O) groups is 1. The van der Waals surface area contributed by atoms with E-state index >= 15 is 0 Å². The molecule has 0 spiro atoms. The van der Waals surface area contributed by atoms with Crippen LogP contribution in [0.4, 0.5) is 0 Å². The first kappa shape index (κ1) is 45.3. The number of ether oxygens (including phenoxy) is 8. The zero-order valence-electron chi connectivity index (χ0n) is 29.5. The summed E-state index contributed by atoms with van der Waals surface area (Å²) >= 11 is 0. The van der Waals surface area contributed by atoms with Gasteiger partial charge in [-0.1, -0.05) is 0 Å². The number of aliphatic hydroxyl groups excluding tert-OH is 12. The number of hydrogen-bond acceptors (Lipinski definition) is 22. The van der Waals surface area contributed by atoms with Crippen molar-refractivity contribution in [1.82, 2.24) is 5.32 Å². The van der Waals surface area contributed by atoms with Gasteiger partial charge in [-0.05, 0) is 25.8 Å². The van der Waals surface area contributed by atoms with Crippen molar-refractivity contribution >= 4 is 5.91 Å². The van der Waals surface area contributed by atoms with E-state index in [4.69, 9.17) is 43.6 Å². The molecule has 4 aliphatic heterocycles. The molecule has 23 nitrogen and oxygen atoms in total. The smallest absolute Gasteiger partial charge is 0.217 e. The van der Waals surface area contributed by atoms with Gasteiger partial charge in [0.1, 0.15) is 97.6 Å². The SMILES string of the molecule is CC(=O)N[C@H]1[C@H](O[C@@H]2[C@H](O)[C@@H](O)[C@H](O[C@H]3[C@H](O)[C@@H](O)[C@H](OCCCCCN)O[C@@H]3CO)O[C@@H]2CO)O[C@H](CO)[C@@H](O[C@@H]2O[C@H](CO)[C@H](O)[C@H](O)[C@H]2O)[C@@H]1O. The zero-order chi connectivity index (χ0) is 39.9. The fourth-order valence-corrected chi connectivity index (χ4v) is 6.70. The van der Waals surface area contributed by atoms with Crippen LogP contribution >= 0.6 is 0 Å². The largest absolute Gasteiger partial charge is 0.394 e. The van der Waals surface area contributed by atoms with Crippen LogP contribution in [0.3, 0.4) is 0 Å². The Morgan fingerprint density at radius 3 is 1.46 bits per heavy atom. The van der Waals surface area contributed by atoms with Gasteiger partial charge in [0.25, 0.3) is 0 Å². The highest BCUT2D eigenvalue weighted by Gasteiger charge is 2.55. The van der Waals surface area contributed by atoms with Crippen molar-refractivity contribution in [2.75, 3.05) is 39.6 Å². The van der Waals surface area contributed by atoms with Crippen LogP contribution in [0.1, 0.15) is 26.2 Å². The number of nitrogens with two attached hydrogens (primary N) is 1. The van der Waals surface area contributed by atoms with Gasteiger partial charge in [0.2, 0.25) is 5.91 Å². The first-order valence-corrected chi connectivity index (χ1v) is 17.8. The second-order valence-corrected chi connectivity index (χ2v) is 13.6. The highest BCUT2D eigenvalue weighted by Crippen LogP contribution is 2.34. The lowest BCUT2D eigenvalue weighted by atomic mass is 9.94. The fraction of sp³-hybridized carbons (Fsp3) is 0.968. The molecule has 0 radical (unpaired) electrons. The van der Waals surface area contributed by atoms with Gasteiger partial charge >= 0.3 is 0 Å². The maximum absolute atomic E-state index is 12.2. The van der Waals surface area contributed by atoms with E-state index in [0.29, 0.717) is 13.0 Å². The summed E-state index contributed by atoms with van der Waals surface area (Å²) in [5, 5.41) is 128. The lowest BCUT2D eigenvalue weighted by Crippen LogP contribution is -2.69. The van der Waals surface area contributed by atoms with Crippen LogP contribution in [0.2, 0.25) is 0 Å². The molecule has 0 aromatic rings. The molecular formula is C31H56N2O21. The lowest BCUT2D eigenvalue weighted by Gasteiger charge is -2.50. The Bertz CT molecular complexity index is 1130. The molecule has 316 valence electrons. The van der Waals surface area contributed by atoms with Crippen molar-refractivity contribution in [1.29, 1.82) is 0 Å². The van der Waals surface area contributed by atoms with E-state index in [1.807, 2.05) is 0 Å². The predicted molar refractivity (Wildman–Crippen MR) is 172 cm³/mol. The van der Waals surface area contributed by atoms with E-state index < -0.39 is 155 Å². The fourth-order valence-electron chi connectivity index (χ4n) is 6.70. The highest BCUT2D eigenvalue weighted by molar-refractivity contribution is 5.73. The summed E-state index contributed by atoms with van der Waals surface area (Å²) in [6.45, 7) is -1.58. The number of aliphatic hydroxyl groups is 12. The number of hydrogen-bond donors (Lipinski definition) is 14. The Kier molecular flexibility index (Phi) is 17.5. The van der Waals surface area contributed by atoms with Crippen molar-refractivity contribution in [2.24, 2.45) is 5.73 Å². The van der Waals surface area contributed by atoms with Crippen molar-refractivity contribution in [3.63, 3.8) is 0 Å². The molecule has 23 heteroatoms. The summed E-state index contributed by atoms with van der Waals surface area (Å²) in [5.74, 6) is -0.731. The highest BCUT2D eigenvalue weighted by atomic mass is 16.8. The van der Waals surface area contributed by atoms with E-state index in [0.717, 1.165) is 19.8 Å². The van der Waals surface area contributed by atoms with Gasteiger partial charge in [-0.25, -0.2) is 0 Å². The van der Waals surface area contributed by atoms with Gasteiger partial charge in [-0.2, -0.15) is 0 Å². The summed E-state index contributed by atoms with van der Waals surface area (Å²) in [7, 11) is 0. The maximum Gasteiger partial charge on any atom is 0.217 e. The van der Waals surface area contributed by atoms with Crippen LogP contribution in [-0.2, 0) is 42.7 Å².